The van der Waals surface area contributed by atoms with Crippen LogP contribution in [-0.4, -0.2) is 62.3 Å². The highest BCUT2D eigenvalue weighted by atomic mass is 16.6. The molecule has 5 heteroatoms. The molecule has 0 aromatic heterocycles. The van der Waals surface area contributed by atoms with Gasteiger partial charge >= 0.3 is 6.09 Å². The van der Waals surface area contributed by atoms with Crippen molar-refractivity contribution in [2.75, 3.05) is 40.4 Å². The predicted molar refractivity (Wildman–Crippen MR) is 78.9 cm³/mol. The minimum atomic E-state index is -0.227. The van der Waals surface area contributed by atoms with Gasteiger partial charge in [0, 0.05) is 19.1 Å². The SMILES string of the molecule is CN(C)C1CN(C(=O)OCc2ccccc2)CC12COC2. The van der Waals surface area contributed by atoms with Crippen molar-refractivity contribution < 1.29 is 14.3 Å². The molecular formula is C16H22N2O3. The van der Waals surface area contributed by atoms with Gasteiger partial charge in [0.25, 0.3) is 0 Å². The largest absolute Gasteiger partial charge is 0.445 e. The number of rotatable bonds is 3. The van der Waals surface area contributed by atoms with E-state index in [1.165, 1.54) is 0 Å². The van der Waals surface area contributed by atoms with Crippen molar-refractivity contribution in [3.8, 4) is 0 Å². The third-order valence-corrected chi connectivity index (χ3v) is 4.47. The van der Waals surface area contributed by atoms with Crippen LogP contribution in [0, 0.1) is 5.41 Å². The highest BCUT2D eigenvalue weighted by Crippen LogP contribution is 2.40. The summed E-state index contributed by atoms with van der Waals surface area (Å²) < 4.78 is 10.8. The smallest absolute Gasteiger partial charge is 0.410 e. The van der Waals surface area contributed by atoms with Crippen LogP contribution in [-0.2, 0) is 16.1 Å². The van der Waals surface area contributed by atoms with Gasteiger partial charge in [-0.15, -0.1) is 0 Å². The molecule has 0 bridgehead atoms. The van der Waals surface area contributed by atoms with Crippen LogP contribution in [0.2, 0.25) is 0 Å². The molecule has 5 nitrogen and oxygen atoms in total. The van der Waals surface area contributed by atoms with E-state index in [9.17, 15) is 4.79 Å². The first kappa shape index (κ1) is 14.4. The number of ether oxygens (including phenoxy) is 2. The molecule has 1 aromatic rings. The predicted octanol–water partition coefficient (Wildman–Crippen LogP) is 1.59. The normalized spacial score (nSPS) is 23.4. The van der Waals surface area contributed by atoms with Gasteiger partial charge in [-0.3, -0.25) is 0 Å². The highest BCUT2D eigenvalue weighted by molar-refractivity contribution is 5.68. The van der Waals surface area contributed by atoms with Crippen LogP contribution in [0.15, 0.2) is 30.3 Å². The van der Waals surface area contributed by atoms with E-state index in [1.807, 2.05) is 35.2 Å². The second-order valence-corrected chi connectivity index (χ2v) is 6.26. The molecule has 1 unspecified atom stereocenters. The third-order valence-electron chi connectivity index (χ3n) is 4.47. The van der Waals surface area contributed by atoms with Crippen LogP contribution in [0.5, 0.6) is 0 Å². The Morgan fingerprint density at radius 3 is 2.62 bits per heavy atom. The molecule has 2 aliphatic heterocycles. The van der Waals surface area contributed by atoms with E-state index >= 15 is 0 Å². The Morgan fingerprint density at radius 1 is 1.38 bits per heavy atom. The molecule has 2 aliphatic rings. The zero-order valence-electron chi connectivity index (χ0n) is 12.6. The number of benzene rings is 1. The minimum Gasteiger partial charge on any atom is -0.445 e. The van der Waals surface area contributed by atoms with Gasteiger partial charge in [-0.1, -0.05) is 30.3 Å². The molecular weight excluding hydrogens is 268 g/mol. The van der Waals surface area contributed by atoms with Crippen LogP contribution >= 0.6 is 0 Å². The van der Waals surface area contributed by atoms with Gasteiger partial charge in [0.05, 0.1) is 18.6 Å². The summed E-state index contributed by atoms with van der Waals surface area (Å²) >= 11 is 0. The zero-order chi connectivity index (χ0) is 14.9. The molecule has 2 fully saturated rings. The van der Waals surface area contributed by atoms with Gasteiger partial charge in [0.15, 0.2) is 0 Å². The lowest BCUT2D eigenvalue weighted by molar-refractivity contribution is -0.130. The monoisotopic (exact) mass is 290 g/mol. The lowest BCUT2D eigenvalue weighted by Gasteiger charge is -2.44. The maximum atomic E-state index is 12.3. The summed E-state index contributed by atoms with van der Waals surface area (Å²) in [5, 5.41) is 0. The maximum absolute atomic E-state index is 12.3. The first-order chi connectivity index (χ1) is 10.1. The van der Waals surface area contributed by atoms with Gasteiger partial charge in [0.1, 0.15) is 6.61 Å². The van der Waals surface area contributed by atoms with Crippen molar-refractivity contribution in [3.05, 3.63) is 35.9 Å². The van der Waals surface area contributed by atoms with Crippen LogP contribution in [0.4, 0.5) is 4.79 Å². The highest BCUT2D eigenvalue weighted by Gasteiger charge is 2.54. The molecule has 21 heavy (non-hydrogen) atoms. The summed E-state index contributed by atoms with van der Waals surface area (Å²) in [6.07, 6.45) is -0.227. The molecule has 2 saturated heterocycles. The standard InChI is InChI=1S/C16H22N2O3/c1-17(2)14-8-18(10-16(14)11-20-12-16)15(19)21-9-13-6-4-3-5-7-13/h3-7,14H,8-12H2,1-2H3. The number of carbonyl (C=O) groups excluding carboxylic acids is 1. The van der Waals surface area contributed by atoms with Crippen molar-refractivity contribution in [2.45, 2.75) is 12.6 Å². The number of hydrogen-bond acceptors (Lipinski definition) is 4. The Hall–Kier alpha value is -1.59. The van der Waals surface area contributed by atoms with Gasteiger partial charge in [-0.25, -0.2) is 4.79 Å². The van der Waals surface area contributed by atoms with Crippen LogP contribution in [0.3, 0.4) is 0 Å². The molecule has 0 saturated carbocycles. The van der Waals surface area contributed by atoms with Crippen molar-refractivity contribution >= 4 is 6.09 Å². The molecule has 3 rings (SSSR count). The van der Waals surface area contributed by atoms with Crippen LogP contribution < -0.4 is 0 Å². The van der Waals surface area contributed by atoms with E-state index in [0.29, 0.717) is 19.2 Å². The summed E-state index contributed by atoms with van der Waals surface area (Å²) in [4.78, 5) is 16.3. The minimum absolute atomic E-state index is 0.0925. The van der Waals surface area contributed by atoms with E-state index < -0.39 is 0 Å². The average Bonchev–Trinajstić information content (AvgIpc) is 2.87. The number of carbonyl (C=O) groups is 1. The number of amides is 1. The maximum Gasteiger partial charge on any atom is 0.410 e. The van der Waals surface area contributed by atoms with Gasteiger partial charge in [0.2, 0.25) is 0 Å². The third kappa shape index (κ3) is 2.76. The Labute approximate surface area is 125 Å². The van der Waals surface area contributed by atoms with Gasteiger partial charge < -0.3 is 19.3 Å². The van der Waals surface area contributed by atoms with E-state index in [4.69, 9.17) is 9.47 Å². The van der Waals surface area contributed by atoms with E-state index in [2.05, 4.69) is 19.0 Å². The van der Waals surface area contributed by atoms with Crippen LogP contribution in [0.1, 0.15) is 5.56 Å². The van der Waals surface area contributed by atoms with Crippen LogP contribution in [0.25, 0.3) is 0 Å². The Morgan fingerprint density at radius 2 is 2.10 bits per heavy atom. The number of hydrogen-bond donors (Lipinski definition) is 0. The lowest BCUT2D eigenvalue weighted by atomic mass is 9.80. The fourth-order valence-corrected chi connectivity index (χ4v) is 3.26. The van der Waals surface area contributed by atoms with Crippen molar-refractivity contribution in [2.24, 2.45) is 5.41 Å². The molecule has 0 radical (unpaired) electrons. The van der Waals surface area contributed by atoms with Gasteiger partial charge in [-0.2, -0.15) is 0 Å². The van der Waals surface area contributed by atoms with Crippen molar-refractivity contribution in [1.29, 1.82) is 0 Å². The molecule has 2 heterocycles. The Balaban J connectivity index is 1.58. The Bertz CT molecular complexity index is 500. The second-order valence-electron chi connectivity index (χ2n) is 6.26. The second kappa shape index (κ2) is 5.66. The number of nitrogens with zero attached hydrogens (tertiary/aromatic N) is 2. The molecule has 114 valence electrons. The van der Waals surface area contributed by atoms with Crippen molar-refractivity contribution in [1.82, 2.24) is 9.80 Å². The molecule has 1 spiro atoms. The first-order valence-corrected chi connectivity index (χ1v) is 7.30. The molecule has 0 aliphatic carbocycles. The van der Waals surface area contributed by atoms with E-state index in [-0.39, 0.29) is 11.5 Å². The summed E-state index contributed by atoms with van der Waals surface area (Å²) in [6.45, 7) is 3.23. The number of likely N-dealkylation sites (N-methyl/N-ethyl adjacent to an activating group) is 1. The first-order valence-electron chi connectivity index (χ1n) is 7.30. The molecule has 0 N–H and O–H groups in total. The summed E-state index contributed by atoms with van der Waals surface area (Å²) in [6, 6.07) is 10.1. The quantitative estimate of drug-likeness (QED) is 0.848. The molecule has 1 atom stereocenters. The summed E-state index contributed by atoms with van der Waals surface area (Å²) in [5.74, 6) is 0. The summed E-state index contributed by atoms with van der Waals surface area (Å²) in [7, 11) is 4.12. The average molecular weight is 290 g/mol. The zero-order valence-corrected chi connectivity index (χ0v) is 12.6. The van der Waals surface area contributed by atoms with Gasteiger partial charge in [-0.05, 0) is 19.7 Å². The molecule has 1 amide bonds. The van der Waals surface area contributed by atoms with E-state index in [1.54, 1.807) is 0 Å². The topological polar surface area (TPSA) is 42.0 Å². The fourth-order valence-electron chi connectivity index (χ4n) is 3.26. The Kier molecular flexibility index (Phi) is 3.87. The summed E-state index contributed by atoms with van der Waals surface area (Å²) in [5.41, 5.74) is 1.10. The van der Waals surface area contributed by atoms with E-state index in [0.717, 1.165) is 25.3 Å². The number of likely N-dealkylation sites (tertiary alicyclic amines) is 1. The molecule has 1 aromatic carbocycles. The van der Waals surface area contributed by atoms with Crippen molar-refractivity contribution in [3.63, 3.8) is 0 Å². The lowest BCUT2D eigenvalue weighted by Crippen LogP contribution is -2.55. The fraction of sp³-hybridized carbons (Fsp3) is 0.562.